The number of likely N-dealkylation sites (tertiary alicyclic amines) is 1. The molecule has 140 valence electrons. The molecule has 4 rings (SSSR count). The standard InChI is InChI=1S/C18H23N3O4S/c22-18(19-11-14-6-4-10-25-14)13-5-3-9-21(12-13)17-15-7-1-2-8-16(15)26(23,24)20-17/h1-2,7-8,13-14H,3-6,9-12H2,(H,19,22)/t13-,14-/m0/s1. The van der Waals surface area contributed by atoms with Crippen LogP contribution in [-0.4, -0.2) is 57.4 Å². The SMILES string of the molecule is O=C(NC[C@@H]1CCCO1)[C@H]1CCCN(C2=NS(=O)(=O)c3ccccc32)C1. The Bertz CT molecular complexity index is 831. The Morgan fingerprint density at radius 3 is 2.92 bits per heavy atom. The maximum atomic E-state index is 12.5. The molecule has 1 amide bonds. The van der Waals surface area contributed by atoms with E-state index in [4.69, 9.17) is 4.74 Å². The van der Waals surface area contributed by atoms with E-state index in [-0.39, 0.29) is 22.8 Å². The van der Waals surface area contributed by atoms with Crippen molar-refractivity contribution in [3.63, 3.8) is 0 Å². The van der Waals surface area contributed by atoms with Crippen molar-refractivity contribution in [1.29, 1.82) is 0 Å². The van der Waals surface area contributed by atoms with Gasteiger partial charge in [0.05, 0.1) is 12.0 Å². The van der Waals surface area contributed by atoms with Crippen molar-refractivity contribution in [2.45, 2.75) is 36.7 Å². The zero-order valence-corrected chi connectivity index (χ0v) is 15.4. The lowest BCUT2D eigenvalue weighted by atomic mass is 9.96. The Morgan fingerprint density at radius 2 is 2.12 bits per heavy atom. The third kappa shape index (κ3) is 3.35. The van der Waals surface area contributed by atoms with Crippen molar-refractivity contribution in [2.24, 2.45) is 10.3 Å². The van der Waals surface area contributed by atoms with E-state index in [9.17, 15) is 13.2 Å². The van der Waals surface area contributed by atoms with E-state index < -0.39 is 10.0 Å². The van der Waals surface area contributed by atoms with Crippen LogP contribution in [0.1, 0.15) is 31.2 Å². The number of carbonyl (C=O) groups is 1. The Balaban J connectivity index is 1.45. The summed E-state index contributed by atoms with van der Waals surface area (Å²) in [5.74, 6) is 0.320. The summed E-state index contributed by atoms with van der Waals surface area (Å²) >= 11 is 0. The van der Waals surface area contributed by atoms with E-state index in [0.717, 1.165) is 32.3 Å². The van der Waals surface area contributed by atoms with Crippen LogP contribution >= 0.6 is 0 Å². The highest BCUT2D eigenvalue weighted by Crippen LogP contribution is 2.29. The van der Waals surface area contributed by atoms with Gasteiger partial charge in [0.15, 0.2) is 5.84 Å². The number of nitrogens with one attached hydrogen (secondary N) is 1. The van der Waals surface area contributed by atoms with E-state index in [0.29, 0.717) is 31.0 Å². The maximum absolute atomic E-state index is 12.5. The molecule has 7 nitrogen and oxygen atoms in total. The van der Waals surface area contributed by atoms with Gasteiger partial charge in [-0.25, -0.2) is 0 Å². The zero-order chi connectivity index (χ0) is 18.1. The molecule has 0 aromatic heterocycles. The molecule has 1 N–H and O–H groups in total. The van der Waals surface area contributed by atoms with Gasteiger partial charge in [0.25, 0.3) is 10.0 Å². The lowest BCUT2D eigenvalue weighted by Gasteiger charge is -2.33. The first kappa shape index (κ1) is 17.5. The van der Waals surface area contributed by atoms with Crippen LogP contribution in [-0.2, 0) is 19.6 Å². The van der Waals surface area contributed by atoms with E-state index >= 15 is 0 Å². The van der Waals surface area contributed by atoms with Crippen LogP contribution in [0.25, 0.3) is 0 Å². The fourth-order valence-corrected chi connectivity index (χ4v) is 5.09. The summed E-state index contributed by atoms with van der Waals surface area (Å²) in [4.78, 5) is 14.7. The fraction of sp³-hybridized carbons (Fsp3) is 0.556. The molecule has 0 radical (unpaired) electrons. The number of fused-ring (bicyclic) bond motifs is 1. The molecule has 2 saturated heterocycles. The summed E-state index contributed by atoms with van der Waals surface area (Å²) in [5.41, 5.74) is 0.632. The first-order valence-electron chi connectivity index (χ1n) is 9.13. The van der Waals surface area contributed by atoms with Crippen LogP contribution in [0.4, 0.5) is 0 Å². The molecule has 0 bridgehead atoms. The van der Waals surface area contributed by atoms with Crippen molar-refractivity contribution in [3.05, 3.63) is 29.8 Å². The second-order valence-corrected chi connectivity index (χ2v) is 8.62. The van der Waals surface area contributed by atoms with Crippen molar-refractivity contribution < 1.29 is 17.9 Å². The second-order valence-electron chi connectivity index (χ2n) is 7.05. The highest BCUT2D eigenvalue weighted by Gasteiger charge is 2.35. The monoisotopic (exact) mass is 377 g/mol. The molecule has 0 spiro atoms. The Hall–Kier alpha value is -1.93. The number of nitrogens with zero attached hydrogens (tertiary/aromatic N) is 2. The minimum absolute atomic E-state index is 0.0138. The van der Waals surface area contributed by atoms with Gasteiger partial charge in [0.1, 0.15) is 4.90 Å². The smallest absolute Gasteiger partial charge is 0.285 e. The van der Waals surface area contributed by atoms with Gasteiger partial charge in [0, 0.05) is 31.8 Å². The van der Waals surface area contributed by atoms with Crippen molar-refractivity contribution in [2.75, 3.05) is 26.2 Å². The molecule has 2 atom stereocenters. The summed E-state index contributed by atoms with van der Waals surface area (Å²) in [6.07, 6.45) is 3.79. The molecule has 3 aliphatic rings. The van der Waals surface area contributed by atoms with Crippen LogP contribution in [0.3, 0.4) is 0 Å². The summed E-state index contributed by atoms with van der Waals surface area (Å²) in [6, 6.07) is 6.87. The number of rotatable bonds is 3. The van der Waals surface area contributed by atoms with Crippen LogP contribution in [0, 0.1) is 5.92 Å². The number of ether oxygens (including phenoxy) is 1. The van der Waals surface area contributed by atoms with Crippen LogP contribution in [0.5, 0.6) is 0 Å². The minimum atomic E-state index is -3.63. The average molecular weight is 377 g/mol. The number of carbonyl (C=O) groups excluding carboxylic acids is 1. The van der Waals surface area contributed by atoms with Crippen LogP contribution < -0.4 is 5.32 Å². The Labute approximate surface area is 153 Å². The number of sulfonamides is 1. The Kier molecular flexibility index (Phi) is 4.71. The molecular formula is C18H23N3O4S. The number of amidine groups is 1. The van der Waals surface area contributed by atoms with Gasteiger partial charge in [-0.1, -0.05) is 12.1 Å². The minimum Gasteiger partial charge on any atom is -0.376 e. The molecule has 2 fully saturated rings. The zero-order valence-electron chi connectivity index (χ0n) is 14.6. The van der Waals surface area contributed by atoms with Gasteiger partial charge in [-0.05, 0) is 37.8 Å². The van der Waals surface area contributed by atoms with E-state index in [2.05, 4.69) is 9.71 Å². The van der Waals surface area contributed by atoms with Gasteiger partial charge in [-0.3, -0.25) is 4.79 Å². The van der Waals surface area contributed by atoms with Gasteiger partial charge in [0.2, 0.25) is 5.91 Å². The summed E-state index contributed by atoms with van der Waals surface area (Å²) in [6.45, 7) is 2.51. The fourth-order valence-electron chi connectivity index (χ4n) is 3.86. The summed E-state index contributed by atoms with van der Waals surface area (Å²) < 4.78 is 34.0. The molecule has 0 saturated carbocycles. The first-order chi connectivity index (χ1) is 12.5. The maximum Gasteiger partial charge on any atom is 0.285 e. The molecule has 1 aromatic rings. The third-order valence-electron chi connectivity index (χ3n) is 5.23. The van der Waals surface area contributed by atoms with E-state index in [1.165, 1.54) is 0 Å². The van der Waals surface area contributed by atoms with Crippen LogP contribution in [0.2, 0.25) is 0 Å². The highest BCUT2D eigenvalue weighted by atomic mass is 32.2. The first-order valence-corrected chi connectivity index (χ1v) is 10.6. The van der Waals surface area contributed by atoms with Crippen molar-refractivity contribution >= 4 is 21.8 Å². The average Bonchev–Trinajstić information content (AvgIpc) is 3.26. The predicted octanol–water partition coefficient (Wildman–Crippen LogP) is 1.14. The number of piperidine rings is 1. The number of benzene rings is 1. The lowest BCUT2D eigenvalue weighted by molar-refractivity contribution is -0.126. The third-order valence-corrected chi connectivity index (χ3v) is 6.56. The summed E-state index contributed by atoms with van der Waals surface area (Å²) in [7, 11) is -3.63. The van der Waals surface area contributed by atoms with E-state index in [1.807, 2.05) is 11.0 Å². The topological polar surface area (TPSA) is 88.1 Å². The molecule has 26 heavy (non-hydrogen) atoms. The van der Waals surface area contributed by atoms with Gasteiger partial charge < -0.3 is 15.0 Å². The molecule has 3 aliphatic heterocycles. The lowest BCUT2D eigenvalue weighted by Crippen LogP contribution is -2.46. The predicted molar refractivity (Wildman–Crippen MR) is 96.4 cm³/mol. The van der Waals surface area contributed by atoms with Gasteiger partial charge in [-0.15, -0.1) is 4.40 Å². The highest BCUT2D eigenvalue weighted by molar-refractivity contribution is 7.90. The largest absolute Gasteiger partial charge is 0.376 e. The number of amides is 1. The molecule has 8 heteroatoms. The molecule has 3 heterocycles. The summed E-state index contributed by atoms with van der Waals surface area (Å²) in [5, 5.41) is 2.99. The molecule has 1 aromatic carbocycles. The second kappa shape index (κ2) is 7.00. The quantitative estimate of drug-likeness (QED) is 0.854. The van der Waals surface area contributed by atoms with Crippen molar-refractivity contribution in [1.82, 2.24) is 10.2 Å². The van der Waals surface area contributed by atoms with E-state index in [1.54, 1.807) is 18.2 Å². The van der Waals surface area contributed by atoms with Gasteiger partial charge in [-0.2, -0.15) is 8.42 Å². The normalized spacial score (nSPS) is 27.1. The molecular weight excluding hydrogens is 354 g/mol. The number of hydrogen-bond donors (Lipinski definition) is 1. The molecule has 0 unspecified atom stereocenters. The van der Waals surface area contributed by atoms with Crippen molar-refractivity contribution in [3.8, 4) is 0 Å². The Morgan fingerprint density at radius 1 is 1.27 bits per heavy atom. The van der Waals surface area contributed by atoms with Gasteiger partial charge >= 0.3 is 0 Å². The molecule has 0 aliphatic carbocycles. The number of hydrogen-bond acceptors (Lipinski definition) is 5. The van der Waals surface area contributed by atoms with Crippen LogP contribution in [0.15, 0.2) is 33.6 Å².